The van der Waals surface area contributed by atoms with Crippen LogP contribution >= 0.6 is 0 Å². The second kappa shape index (κ2) is 6.07. The number of hydrogen-bond donors (Lipinski definition) is 1. The second-order valence-corrected chi connectivity index (χ2v) is 4.27. The maximum atomic E-state index is 13.9. The van der Waals surface area contributed by atoms with E-state index in [1.807, 2.05) is 25.1 Å². The third-order valence-corrected chi connectivity index (χ3v) is 3.00. The average molecular weight is 255 g/mol. The Balaban J connectivity index is 2.06. The van der Waals surface area contributed by atoms with Crippen molar-refractivity contribution in [3.8, 4) is 6.07 Å². The van der Waals surface area contributed by atoms with Gasteiger partial charge in [-0.25, -0.2) is 4.39 Å². The molecule has 0 fully saturated rings. The number of pyridine rings is 1. The molecule has 1 atom stereocenters. The van der Waals surface area contributed by atoms with Gasteiger partial charge in [0.15, 0.2) is 0 Å². The Kier molecular flexibility index (Phi) is 4.22. The summed E-state index contributed by atoms with van der Waals surface area (Å²) in [6.07, 6.45) is 3.45. The molecule has 4 heteroatoms. The molecule has 0 saturated carbocycles. The molecule has 0 saturated heterocycles. The van der Waals surface area contributed by atoms with Gasteiger partial charge in [0.25, 0.3) is 0 Å². The van der Waals surface area contributed by atoms with Crippen LogP contribution in [0.1, 0.15) is 29.7 Å². The Morgan fingerprint density at radius 3 is 2.74 bits per heavy atom. The number of rotatable bonds is 4. The van der Waals surface area contributed by atoms with Crippen LogP contribution in [0.2, 0.25) is 0 Å². The topological polar surface area (TPSA) is 48.7 Å². The van der Waals surface area contributed by atoms with E-state index in [1.165, 1.54) is 6.07 Å². The quantitative estimate of drug-likeness (QED) is 0.913. The fourth-order valence-electron chi connectivity index (χ4n) is 1.84. The van der Waals surface area contributed by atoms with Crippen molar-refractivity contribution in [2.24, 2.45) is 0 Å². The van der Waals surface area contributed by atoms with Crippen molar-refractivity contribution in [1.29, 1.82) is 5.26 Å². The molecule has 1 N–H and O–H groups in total. The van der Waals surface area contributed by atoms with Crippen molar-refractivity contribution in [2.45, 2.75) is 19.5 Å². The molecule has 2 rings (SSSR count). The highest BCUT2D eigenvalue weighted by molar-refractivity contribution is 5.35. The molecule has 1 aromatic heterocycles. The lowest BCUT2D eigenvalue weighted by molar-refractivity contribution is 0.542. The highest BCUT2D eigenvalue weighted by atomic mass is 19.1. The van der Waals surface area contributed by atoms with E-state index >= 15 is 0 Å². The van der Waals surface area contributed by atoms with E-state index in [9.17, 15) is 4.39 Å². The molecule has 0 amide bonds. The molecular formula is C15H14FN3. The van der Waals surface area contributed by atoms with Crippen LogP contribution < -0.4 is 5.32 Å². The highest BCUT2D eigenvalue weighted by Gasteiger charge is 2.09. The van der Waals surface area contributed by atoms with Crippen LogP contribution in [0, 0.1) is 17.1 Å². The van der Waals surface area contributed by atoms with Gasteiger partial charge in [0.05, 0.1) is 5.56 Å². The summed E-state index contributed by atoms with van der Waals surface area (Å²) in [7, 11) is 0. The maximum absolute atomic E-state index is 13.9. The van der Waals surface area contributed by atoms with Crippen molar-refractivity contribution in [2.75, 3.05) is 0 Å². The van der Waals surface area contributed by atoms with Crippen LogP contribution in [-0.4, -0.2) is 4.98 Å². The average Bonchev–Trinajstić information content (AvgIpc) is 2.47. The number of halogens is 1. The number of benzene rings is 1. The summed E-state index contributed by atoms with van der Waals surface area (Å²) < 4.78 is 13.9. The molecular weight excluding hydrogens is 241 g/mol. The summed E-state index contributed by atoms with van der Waals surface area (Å²) in [5, 5.41) is 12.0. The van der Waals surface area contributed by atoms with E-state index in [2.05, 4.69) is 10.3 Å². The van der Waals surface area contributed by atoms with E-state index in [-0.39, 0.29) is 11.6 Å². The molecule has 0 spiro atoms. The monoisotopic (exact) mass is 255 g/mol. The minimum Gasteiger partial charge on any atom is -0.306 e. The maximum Gasteiger partial charge on any atom is 0.145 e. The van der Waals surface area contributed by atoms with Gasteiger partial charge >= 0.3 is 0 Å². The molecule has 0 unspecified atom stereocenters. The predicted octanol–water partition coefficient (Wildman–Crippen LogP) is 2.94. The van der Waals surface area contributed by atoms with Crippen molar-refractivity contribution < 1.29 is 4.39 Å². The SMILES string of the molecule is C[C@H](NCc1cccc(C#N)c1F)c1ccncc1. The first-order chi connectivity index (χ1) is 9.22. The molecule has 0 radical (unpaired) electrons. The van der Waals surface area contributed by atoms with Gasteiger partial charge in [-0.05, 0) is 30.7 Å². The highest BCUT2D eigenvalue weighted by Crippen LogP contribution is 2.15. The van der Waals surface area contributed by atoms with Gasteiger partial charge in [-0.1, -0.05) is 12.1 Å². The summed E-state index contributed by atoms with van der Waals surface area (Å²) in [6, 6.07) is 10.6. The van der Waals surface area contributed by atoms with Gasteiger partial charge in [-0.15, -0.1) is 0 Å². The van der Waals surface area contributed by atoms with E-state index in [0.717, 1.165) is 5.56 Å². The van der Waals surface area contributed by atoms with Gasteiger partial charge in [0.1, 0.15) is 11.9 Å². The van der Waals surface area contributed by atoms with Crippen molar-refractivity contribution in [3.63, 3.8) is 0 Å². The van der Waals surface area contributed by atoms with E-state index in [4.69, 9.17) is 5.26 Å². The van der Waals surface area contributed by atoms with Crippen molar-refractivity contribution in [1.82, 2.24) is 10.3 Å². The standard InChI is InChI=1S/C15H14FN3/c1-11(12-5-7-18-8-6-12)19-10-14-4-2-3-13(9-17)15(14)16/h2-8,11,19H,10H2,1H3/t11-/m0/s1. The largest absolute Gasteiger partial charge is 0.306 e. The number of nitriles is 1. The number of nitrogens with one attached hydrogen (secondary N) is 1. The first-order valence-corrected chi connectivity index (χ1v) is 6.03. The van der Waals surface area contributed by atoms with E-state index in [1.54, 1.807) is 24.5 Å². The van der Waals surface area contributed by atoms with Crippen LogP contribution in [0.25, 0.3) is 0 Å². The summed E-state index contributed by atoms with van der Waals surface area (Å²) in [4.78, 5) is 3.96. The molecule has 0 aliphatic carbocycles. The molecule has 0 aliphatic heterocycles. The normalized spacial score (nSPS) is 11.8. The Bertz CT molecular complexity index is 590. The summed E-state index contributed by atoms with van der Waals surface area (Å²) in [5.41, 5.74) is 1.67. The van der Waals surface area contributed by atoms with E-state index < -0.39 is 5.82 Å². The van der Waals surface area contributed by atoms with E-state index in [0.29, 0.717) is 12.1 Å². The van der Waals surface area contributed by atoms with Crippen LogP contribution in [-0.2, 0) is 6.54 Å². The van der Waals surface area contributed by atoms with Crippen molar-refractivity contribution >= 4 is 0 Å². The number of aromatic nitrogens is 1. The zero-order chi connectivity index (χ0) is 13.7. The minimum absolute atomic E-state index is 0.0795. The second-order valence-electron chi connectivity index (χ2n) is 4.27. The zero-order valence-corrected chi connectivity index (χ0v) is 10.6. The predicted molar refractivity (Wildman–Crippen MR) is 70.6 cm³/mol. The Morgan fingerprint density at radius 2 is 2.05 bits per heavy atom. The summed E-state index contributed by atoms with van der Waals surface area (Å²) in [5.74, 6) is -0.445. The number of hydrogen-bond acceptors (Lipinski definition) is 3. The summed E-state index contributed by atoms with van der Waals surface area (Å²) in [6.45, 7) is 2.38. The molecule has 3 nitrogen and oxygen atoms in total. The lowest BCUT2D eigenvalue weighted by atomic mass is 10.1. The van der Waals surface area contributed by atoms with Gasteiger partial charge in [0.2, 0.25) is 0 Å². The molecule has 0 aliphatic rings. The third kappa shape index (κ3) is 3.15. The molecule has 1 heterocycles. The fraction of sp³-hybridized carbons (Fsp3) is 0.200. The van der Waals surface area contributed by atoms with Gasteiger partial charge < -0.3 is 5.32 Å². The Labute approximate surface area is 111 Å². The zero-order valence-electron chi connectivity index (χ0n) is 10.6. The fourth-order valence-corrected chi connectivity index (χ4v) is 1.84. The smallest absolute Gasteiger partial charge is 0.145 e. The third-order valence-electron chi connectivity index (χ3n) is 3.00. The minimum atomic E-state index is -0.445. The summed E-state index contributed by atoms with van der Waals surface area (Å²) >= 11 is 0. The van der Waals surface area contributed by atoms with Crippen LogP contribution in [0.3, 0.4) is 0 Å². The molecule has 1 aromatic carbocycles. The van der Waals surface area contributed by atoms with Crippen molar-refractivity contribution in [3.05, 3.63) is 65.2 Å². The van der Waals surface area contributed by atoms with Crippen LogP contribution in [0.5, 0.6) is 0 Å². The van der Waals surface area contributed by atoms with Gasteiger partial charge in [-0.2, -0.15) is 5.26 Å². The molecule has 0 bridgehead atoms. The van der Waals surface area contributed by atoms with Gasteiger partial charge in [-0.3, -0.25) is 4.98 Å². The first-order valence-electron chi connectivity index (χ1n) is 6.03. The molecule has 2 aromatic rings. The van der Waals surface area contributed by atoms with Crippen LogP contribution in [0.4, 0.5) is 4.39 Å². The number of nitrogens with zero attached hydrogens (tertiary/aromatic N) is 2. The molecule has 96 valence electrons. The van der Waals surface area contributed by atoms with Gasteiger partial charge in [0, 0.05) is 30.5 Å². The Hall–Kier alpha value is -2.25. The first kappa shape index (κ1) is 13.2. The molecule has 19 heavy (non-hydrogen) atoms. The van der Waals surface area contributed by atoms with Crippen LogP contribution in [0.15, 0.2) is 42.7 Å². The Morgan fingerprint density at radius 1 is 1.32 bits per heavy atom. The lowest BCUT2D eigenvalue weighted by Crippen LogP contribution is -2.19. The lowest BCUT2D eigenvalue weighted by Gasteiger charge is -2.14.